The second kappa shape index (κ2) is 13.3. The summed E-state index contributed by atoms with van der Waals surface area (Å²) in [5.74, 6) is -0.464. The second-order valence-electron chi connectivity index (χ2n) is 9.31. The van der Waals surface area contributed by atoms with Crippen LogP contribution in [0.5, 0.6) is 5.75 Å². The SMILES string of the molecule is COc1ccccc1NC(=O)C1=C(C)NC(SCC(=O)N(c2ccccc2)c2ccccc2)=C(C#N)[C@H]1c1cccs1. The van der Waals surface area contributed by atoms with Crippen molar-refractivity contribution in [1.82, 2.24) is 5.32 Å². The number of methoxy groups -OCH3 is 1. The molecule has 42 heavy (non-hydrogen) atoms. The maximum absolute atomic E-state index is 13.7. The molecule has 0 aliphatic carbocycles. The molecule has 1 aliphatic rings. The molecule has 7 nitrogen and oxygen atoms in total. The van der Waals surface area contributed by atoms with E-state index >= 15 is 0 Å². The van der Waals surface area contributed by atoms with Gasteiger partial charge >= 0.3 is 0 Å². The van der Waals surface area contributed by atoms with Gasteiger partial charge in [0.2, 0.25) is 5.91 Å². The van der Waals surface area contributed by atoms with Crippen molar-refractivity contribution in [3.05, 3.63) is 129 Å². The van der Waals surface area contributed by atoms with Gasteiger partial charge in [0.1, 0.15) is 5.75 Å². The fourth-order valence-electron chi connectivity index (χ4n) is 4.79. The van der Waals surface area contributed by atoms with Crippen LogP contribution in [0.15, 0.2) is 124 Å². The van der Waals surface area contributed by atoms with E-state index in [1.54, 1.807) is 24.1 Å². The standard InChI is InChI=1S/C33H28N4O3S2/c1-22-30(32(39)36-26-16-9-10-17-27(26)40-2)31(28-18-11-19-41-28)25(20-34)33(35-22)42-21-29(38)37(23-12-5-3-6-13-23)24-14-7-4-8-15-24/h3-19,31,35H,21H2,1-2H3,(H,36,39)/t31-/m0/s1. The maximum Gasteiger partial charge on any atom is 0.254 e. The Bertz CT molecular complexity index is 1640. The number of carbonyl (C=O) groups excluding carboxylic acids is 2. The smallest absolute Gasteiger partial charge is 0.254 e. The molecule has 1 aliphatic heterocycles. The number of hydrogen-bond acceptors (Lipinski definition) is 7. The first-order chi connectivity index (χ1) is 20.5. The first-order valence-corrected chi connectivity index (χ1v) is 15.0. The second-order valence-corrected chi connectivity index (χ2v) is 11.3. The quantitative estimate of drug-likeness (QED) is 0.214. The minimum atomic E-state index is -0.595. The summed E-state index contributed by atoms with van der Waals surface area (Å²) in [5, 5.41) is 19.1. The molecule has 0 bridgehead atoms. The molecular weight excluding hydrogens is 565 g/mol. The summed E-state index contributed by atoms with van der Waals surface area (Å²) in [6.07, 6.45) is 0. The highest BCUT2D eigenvalue weighted by atomic mass is 32.2. The van der Waals surface area contributed by atoms with Crippen LogP contribution in [-0.4, -0.2) is 24.7 Å². The number of nitriles is 1. The molecule has 210 valence electrons. The van der Waals surface area contributed by atoms with E-state index in [9.17, 15) is 14.9 Å². The third-order valence-electron chi connectivity index (χ3n) is 6.69. The Labute approximate surface area is 253 Å². The highest BCUT2D eigenvalue weighted by molar-refractivity contribution is 8.03. The van der Waals surface area contributed by atoms with Crippen LogP contribution in [0.2, 0.25) is 0 Å². The van der Waals surface area contributed by atoms with Crippen molar-refractivity contribution < 1.29 is 14.3 Å². The van der Waals surface area contributed by atoms with Crippen LogP contribution in [0.1, 0.15) is 17.7 Å². The molecule has 0 fully saturated rings. The molecule has 2 heterocycles. The third-order valence-corrected chi connectivity index (χ3v) is 8.63. The van der Waals surface area contributed by atoms with Gasteiger partial charge in [-0.05, 0) is 54.8 Å². The van der Waals surface area contributed by atoms with Crippen molar-refractivity contribution in [3.63, 3.8) is 0 Å². The van der Waals surface area contributed by atoms with E-state index in [1.165, 1.54) is 23.1 Å². The van der Waals surface area contributed by atoms with E-state index in [4.69, 9.17) is 4.74 Å². The van der Waals surface area contributed by atoms with Crippen molar-refractivity contribution in [2.75, 3.05) is 23.1 Å². The number of anilines is 3. The largest absolute Gasteiger partial charge is 0.495 e. The minimum absolute atomic E-state index is 0.0739. The number of nitrogens with zero attached hydrogens (tertiary/aromatic N) is 2. The van der Waals surface area contributed by atoms with Gasteiger partial charge in [0.05, 0.1) is 41.1 Å². The minimum Gasteiger partial charge on any atom is -0.495 e. The van der Waals surface area contributed by atoms with Crippen molar-refractivity contribution in [2.24, 2.45) is 0 Å². The first kappa shape index (κ1) is 28.7. The lowest BCUT2D eigenvalue weighted by molar-refractivity contribution is -0.115. The number of nitrogens with one attached hydrogen (secondary N) is 2. The molecule has 1 aromatic heterocycles. The number of allylic oxidation sites excluding steroid dienone is 2. The molecule has 2 N–H and O–H groups in total. The average Bonchev–Trinajstić information content (AvgIpc) is 3.56. The van der Waals surface area contributed by atoms with E-state index in [-0.39, 0.29) is 17.6 Å². The van der Waals surface area contributed by atoms with Crippen LogP contribution in [0.4, 0.5) is 17.1 Å². The van der Waals surface area contributed by atoms with Gasteiger partial charge in [-0.3, -0.25) is 14.5 Å². The zero-order chi connectivity index (χ0) is 29.5. The molecule has 3 aromatic carbocycles. The molecule has 9 heteroatoms. The normalized spacial score (nSPS) is 14.5. The molecule has 0 unspecified atom stereocenters. The van der Waals surface area contributed by atoms with Gasteiger partial charge in [0.25, 0.3) is 5.91 Å². The number of benzene rings is 3. The van der Waals surface area contributed by atoms with Crippen molar-refractivity contribution in [3.8, 4) is 11.8 Å². The summed E-state index contributed by atoms with van der Waals surface area (Å²) in [7, 11) is 1.55. The average molecular weight is 593 g/mol. The zero-order valence-corrected chi connectivity index (χ0v) is 24.7. The Kier molecular flexibility index (Phi) is 9.07. The number of thioether (sulfide) groups is 1. The van der Waals surface area contributed by atoms with Crippen LogP contribution in [0, 0.1) is 11.3 Å². The number of ether oxygens (including phenoxy) is 1. The lowest BCUT2D eigenvalue weighted by Gasteiger charge is -2.29. The Balaban J connectivity index is 1.45. The highest BCUT2D eigenvalue weighted by Gasteiger charge is 2.36. The third kappa shape index (κ3) is 6.10. The van der Waals surface area contributed by atoms with Gasteiger partial charge in [0.15, 0.2) is 0 Å². The van der Waals surface area contributed by atoms with Gasteiger partial charge in [-0.1, -0.05) is 66.4 Å². The summed E-state index contributed by atoms with van der Waals surface area (Å²) < 4.78 is 5.41. The molecule has 2 amide bonds. The van der Waals surface area contributed by atoms with Crippen LogP contribution < -0.4 is 20.3 Å². The molecule has 0 saturated carbocycles. The van der Waals surface area contributed by atoms with E-state index in [0.717, 1.165) is 16.3 Å². The number of thiophene rings is 1. The summed E-state index contributed by atoms with van der Waals surface area (Å²) >= 11 is 2.73. The topological polar surface area (TPSA) is 94.5 Å². The number of dihydropyridines is 1. The Morgan fingerprint density at radius 3 is 2.21 bits per heavy atom. The van der Waals surface area contributed by atoms with E-state index in [1.807, 2.05) is 97.2 Å². The van der Waals surface area contributed by atoms with Gasteiger partial charge in [-0.25, -0.2) is 0 Å². The maximum atomic E-state index is 13.7. The van der Waals surface area contributed by atoms with Gasteiger partial charge < -0.3 is 15.4 Å². The Morgan fingerprint density at radius 2 is 1.62 bits per heavy atom. The number of rotatable bonds is 9. The Hall–Kier alpha value is -4.78. The van der Waals surface area contributed by atoms with Crippen LogP contribution >= 0.6 is 23.1 Å². The molecule has 1 atom stereocenters. The molecular formula is C33H28N4O3S2. The number of hydrogen-bond donors (Lipinski definition) is 2. The monoisotopic (exact) mass is 592 g/mol. The molecule has 0 radical (unpaired) electrons. The lowest BCUT2D eigenvalue weighted by Crippen LogP contribution is -2.32. The molecule has 4 aromatic rings. The van der Waals surface area contributed by atoms with Crippen LogP contribution in [0.3, 0.4) is 0 Å². The zero-order valence-electron chi connectivity index (χ0n) is 23.0. The highest BCUT2D eigenvalue weighted by Crippen LogP contribution is 2.43. The fourth-order valence-corrected chi connectivity index (χ4v) is 6.58. The van der Waals surface area contributed by atoms with Gasteiger partial charge in [0, 0.05) is 27.5 Å². The summed E-state index contributed by atoms with van der Waals surface area (Å²) in [4.78, 5) is 30.0. The molecule has 5 rings (SSSR count). The van der Waals surface area contributed by atoms with Gasteiger partial charge in [-0.15, -0.1) is 11.3 Å². The van der Waals surface area contributed by atoms with Crippen molar-refractivity contribution >= 4 is 52.0 Å². The predicted octanol–water partition coefficient (Wildman–Crippen LogP) is 7.19. The number of para-hydroxylation sites is 4. The van der Waals surface area contributed by atoms with E-state index in [0.29, 0.717) is 33.3 Å². The van der Waals surface area contributed by atoms with E-state index < -0.39 is 5.92 Å². The van der Waals surface area contributed by atoms with Crippen molar-refractivity contribution in [1.29, 1.82) is 5.26 Å². The summed E-state index contributed by atoms with van der Waals surface area (Å²) in [5.41, 5.74) is 3.47. The number of carbonyl (C=O) groups is 2. The summed E-state index contributed by atoms with van der Waals surface area (Å²) in [6, 6.07) is 32.3. The van der Waals surface area contributed by atoms with Crippen LogP contribution in [0.25, 0.3) is 0 Å². The van der Waals surface area contributed by atoms with Crippen molar-refractivity contribution in [2.45, 2.75) is 12.8 Å². The lowest BCUT2D eigenvalue weighted by atomic mass is 9.86. The van der Waals surface area contributed by atoms with Gasteiger partial charge in [-0.2, -0.15) is 5.26 Å². The summed E-state index contributed by atoms with van der Waals surface area (Å²) in [6.45, 7) is 1.81. The Morgan fingerprint density at radius 1 is 0.976 bits per heavy atom. The molecule has 0 spiro atoms. The number of amides is 2. The van der Waals surface area contributed by atoms with Crippen LogP contribution in [-0.2, 0) is 9.59 Å². The van der Waals surface area contributed by atoms with E-state index in [2.05, 4.69) is 16.7 Å². The first-order valence-electron chi connectivity index (χ1n) is 13.2. The predicted molar refractivity (Wildman–Crippen MR) is 170 cm³/mol. The molecule has 0 saturated heterocycles. The fraction of sp³-hybridized carbons (Fsp3) is 0.121.